The molecule has 1 aromatic heterocycles. The van der Waals surface area contributed by atoms with Crippen molar-refractivity contribution in [3.8, 4) is 0 Å². The number of alkyl halides is 2. The third kappa shape index (κ3) is 1.15. The van der Waals surface area contributed by atoms with E-state index >= 15 is 0 Å². The summed E-state index contributed by atoms with van der Waals surface area (Å²) >= 11 is 0. The van der Waals surface area contributed by atoms with Gasteiger partial charge in [0.05, 0.1) is 5.52 Å². The molecule has 0 saturated heterocycles. The lowest BCUT2D eigenvalue weighted by Crippen LogP contribution is -2.14. The molecule has 2 N–H and O–H groups in total. The molecular formula is C8H6F2N2O2. The third-order valence-electron chi connectivity index (χ3n) is 1.83. The standard InChI is InChI=1S/C8H6F2N2O2/c9-7(10)12-5-3-4(11)1-2-6(5)14-8(12)13/h1-3,7H,11H2. The van der Waals surface area contributed by atoms with Crippen LogP contribution in [-0.4, -0.2) is 4.57 Å². The summed E-state index contributed by atoms with van der Waals surface area (Å²) in [5.74, 6) is -1.08. The molecule has 0 amide bonds. The quantitative estimate of drug-likeness (QED) is 0.710. The van der Waals surface area contributed by atoms with Crippen molar-refractivity contribution in [3.63, 3.8) is 0 Å². The first kappa shape index (κ1) is 8.74. The molecule has 0 spiro atoms. The van der Waals surface area contributed by atoms with E-state index < -0.39 is 12.3 Å². The molecule has 0 unspecified atom stereocenters. The Morgan fingerprint density at radius 1 is 1.43 bits per heavy atom. The van der Waals surface area contributed by atoms with Crippen molar-refractivity contribution in [3.05, 3.63) is 28.7 Å². The highest BCUT2D eigenvalue weighted by Crippen LogP contribution is 2.20. The monoisotopic (exact) mass is 200 g/mol. The highest BCUT2D eigenvalue weighted by molar-refractivity contribution is 5.76. The molecule has 14 heavy (non-hydrogen) atoms. The van der Waals surface area contributed by atoms with Crippen LogP contribution in [0.25, 0.3) is 11.1 Å². The lowest BCUT2D eigenvalue weighted by Gasteiger charge is -1.98. The number of rotatable bonds is 1. The Morgan fingerprint density at radius 2 is 2.14 bits per heavy atom. The third-order valence-corrected chi connectivity index (χ3v) is 1.83. The molecule has 0 radical (unpaired) electrons. The predicted molar refractivity (Wildman–Crippen MR) is 46.1 cm³/mol. The van der Waals surface area contributed by atoms with Crippen LogP contribution in [0.5, 0.6) is 0 Å². The summed E-state index contributed by atoms with van der Waals surface area (Å²) in [6.45, 7) is -2.93. The van der Waals surface area contributed by atoms with Gasteiger partial charge in [0.2, 0.25) is 0 Å². The summed E-state index contributed by atoms with van der Waals surface area (Å²) in [4.78, 5) is 11.0. The zero-order valence-corrected chi connectivity index (χ0v) is 6.91. The maximum atomic E-state index is 12.4. The summed E-state index contributed by atoms with van der Waals surface area (Å²) in [5.41, 5.74) is 5.81. The Balaban J connectivity index is 2.86. The van der Waals surface area contributed by atoms with E-state index in [9.17, 15) is 13.6 Å². The second-order valence-corrected chi connectivity index (χ2v) is 2.74. The number of halogens is 2. The van der Waals surface area contributed by atoms with Crippen LogP contribution in [0.1, 0.15) is 6.55 Å². The van der Waals surface area contributed by atoms with E-state index in [1.807, 2.05) is 0 Å². The van der Waals surface area contributed by atoms with Crippen LogP contribution in [0.4, 0.5) is 14.5 Å². The molecule has 2 rings (SSSR count). The van der Waals surface area contributed by atoms with Gasteiger partial charge in [-0.3, -0.25) is 0 Å². The summed E-state index contributed by atoms with van der Waals surface area (Å²) in [5, 5.41) is 0. The average molecular weight is 200 g/mol. The fraction of sp³-hybridized carbons (Fsp3) is 0.125. The molecule has 0 aliphatic heterocycles. The lowest BCUT2D eigenvalue weighted by atomic mass is 10.3. The van der Waals surface area contributed by atoms with Gasteiger partial charge >= 0.3 is 12.3 Å². The van der Waals surface area contributed by atoms with E-state index in [2.05, 4.69) is 4.42 Å². The SMILES string of the molecule is Nc1ccc2oc(=O)n(C(F)F)c2c1. The smallest absolute Gasteiger partial charge is 0.408 e. The molecule has 0 aliphatic carbocycles. The largest absolute Gasteiger partial charge is 0.424 e. The molecule has 0 aliphatic rings. The first-order chi connectivity index (χ1) is 6.59. The molecular weight excluding hydrogens is 194 g/mol. The minimum absolute atomic E-state index is 0.00463. The first-order valence-electron chi connectivity index (χ1n) is 3.78. The Labute approximate surface area is 76.5 Å². The van der Waals surface area contributed by atoms with Crippen molar-refractivity contribution in [1.82, 2.24) is 4.57 Å². The first-order valence-corrected chi connectivity index (χ1v) is 3.78. The number of hydrogen-bond donors (Lipinski definition) is 1. The molecule has 2 aromatic rings. The highest BCUT2D eigenvalue weighted by Gasteiger charge is 2.16. The summed E-state index contributed by atoms with van der Waals surface area (Å²) in [6.07, 6.45) is 0. The van der Waals surface area contributed by atoms with Crippen LogP contribution >= 0.6 is 0 Å². The van der Waals surface area contributed by atoms with Crippen LogP contribution in [-0.2, 0) is 0 Å². The summed E-state index contributed by atoms with van der Waals surface area (Å²) in [6, 6.07) is 4.12. The van der Waals surface area contributed by atoms with E-state index in [4.69, 9.17) is 5.73 Å². The molecule has 6 heteroatoms. The van der Waals surface area contributed by atoms with E-state index in [1.54, 1.807) is 0 Å². The number of nitrogens with zero attached hydrogens (tertiary/aromatic N) is 1. The second-order valence-electron chi connectivity index (χ2n) is 2.74. The van der Waals surface area contributed by atoms with E-state index in [-0.39, 0.29) is 15.7 Å². The van der Waals surface area contributed by atoms with Gasteiger partial charge in [0, 0.05) is 5.69 Å². The number of hydrogen-bond acceptors (Lipinski definition) is 3. The molecule has 74 valence electrons. The average Bonchev–Trinajstić information content (AvgIpc) is 2.40. The van der Waals surface area contributed by atoms with E-state index in [1.165, 1.54) is 18.2 Å². The second kappa shape index (κ2) is 2.83. The van der Waals surface area contributed by atoms with Gasteiger partial charge in [-0.05, 0) is 18.2 Å². The maximum absolute atomic E-state index is 12.4. The fourth-order valence-corrected chi connectivity index (χ4v) is 1.24. The van der Waals surface area contributed by atoms with Crippen molar-refractivity contribution in [2.45, 2.75) is 6.55 Å². The van der Waals surface area contributed by atoms with Gasteiger partial charge in [-0.2, -0.15) is 8.78 Å². The zero-order valence-electron chi connectivity index (χ0n) is 6.91. The Bertz CT molecular complexity index is 530. The van der Waals surface area contributed by atoms with Crippen LogP contribution in [0.2, 0.25) is 0 Å². The summed E-state index contributed by atoms with van der Waals surface area (Å²) in [7, 11) is 0. The fourth-order valence-electron chi connectivity index (χ4n) is 1.24. The Morgan fingerprint density at radius 3 is 2.79 bits per heavy atom. The van der Waals surface area contributed by atoms with Gasteiger partial charge in [-0.25, -0.2) is 9.36 Å². The number of benzene rings is 1. The molecule has 1 aromatic carbocycles. The lowest BCUT2D eigenvalue weighted by molar-refractivity contribution is 0.0670. The highest BCUT2D eigenvalue weighted by atomic mass is 19.3. The van der Waals surface area contributed by atoms with Crippen LogP contribution in [0.3, 0.4) is 0 Å². The van der Waals surface area contributed by atoms with Gasteiger partial charge in [0.15, 0.2) is 5.58 Å². The van der Waals surface area contributed by atoms with E-state index in [0.717, 1.165) is 0 Å². The van der Waals surface area contributed by atoms with E-state index in [0.29, 0.717) is 5.69 Å². The van der Waals surface area contributed by atoms with Gasteiger partial charge in [-0.15, -0.1) is 0 Å². The number of nitrogen functional groups attached to an aromatic ring is 1. The predicted octanol–water partition coefficient (Wildman–Crippen LogP) is 1.57. The molecule has 0 bridgehead atoms. The molecule has 0 saturated carbocycles. The van der Waals surface area contributed by atoms with Gasteiger partial charge in [0.25, 0.3) is 0 Å². The number of nitrogens with two attached hydrogens (primary N) is 1. The molecule has 0 fully saturated rings. The van der Waals surface area contributed by atoms with Crippen molar-refractivity contribution in [1.29, 1.82) is 0 Å². The van der Waals surface area contributed by atoms with Crippen LogP contribution in [0, 0.1) is 0 Å². The van der Waals surface area contributed by atoms with Crippen molar-refractivity contribution >= 4 is 16.8 Å². The molecule has 4 nitrogen and oxygen atoms in total. The summed E-state index contributed by atoms with van der Waals surface area (Å²) < 4.78 is 29.6. The number of aromatic nitrogens is 1. The minimum atomic E-state index is -2.93. The van der Waals surface area contributed by atoms with Gasteiger partial charge < -0.3 is 10.2 Å². The maximum Gasteiger partial charge on any atom is 0.424 e. The Kier molecular flexibility index (Phi) is 1.77. The number of fused-ring (bicyclic) bond motifs is 1. The Hall–Kier alpha value is -1.85. The van der Waals surface area contributed by atoms with Crippen molar-refractivity contribution < 1.29 is 13.2 Å². The van der Waals surface area contributed by atoms with Gasteiger partial charge in [-0.1, -0.05) is 0 Å². The normalized spacial score (nSPS) is 11.4. The number of anilines is 1. The number of oxazole rings is 1. The topological polar surface area (TPSA) is 61.2 Å². The van der Waals surface area contributed by atoms with Crippen LogP contribution < -0.4 is 11.5 Å². The van der Waals surface area contributed by atoms with Crippen molar-refractivity contribution in [2.24, 2.45) is 0 Å². The van der Waals surface area contributed by atoms with Crippen LogP contribution in [0.15, 0.2) is 27.4 Å². The molecule has 1 heterocycles. The van der Waals surface area contributed by atoms with Gasteiger partial charge in [0.1, 0.15) is 0 Å². The van der Waals surface area contributed by atoms with Crippen molar-refractivity contribution in [2.75, 3.05) is 5.73 Å². The molecule has 0 atom stereocenters. The minimum Gasteiger partial charge on any atom is -0.408 e. The zero-order chi connectivity index (χ0) is 10.3.